The summed E-state index contributed by atoms with van der Waals surface area (Å²) in [6.45, 7) is 0.105. The van der Waals surface area contributed by atoms with E-state index in [2.05, 4.69) is 4.98 Å². The van der Waals surface area contributed by atoms with Gasteiger partial charge in [-0.05, 0) is 11.6 Å². The first-order valence-corrected chi connectivity index (χ1v) is 7.36. The Morgan fingerprint density at radius 3 is 2.47 bits per heavy atom. The number of hydrogen-bond donors (Lipinski definition) is 2. The van der Waals surface area contributed by atoms with Gasteiger partial charge < -0.3 is 10.1 Å². The van der Waals surface area contributed by atoms with Crippen molar-refractivity contribution in [2.45, 2.75) is 11.4 Å². The minimum absolute atomic E-state index is 0.0718. The zero-order valence-corrected chi connectivity index (χ0v) is 11.2. The first kappa shape index (κ1) is 13.8. The lowest BCUT2D eigenvalue weighted by atomic mass is 10.2. The lowest BCUT2D eigenvalue weighted by Gasteiger charge is -2.20. The molecule has 0 atom stereocenters. The number of benzene rings is 1. The van der Waals surface area contributed by atoms with Crippen LogP contribution in [-0.2, 0) is 16.6 Å². The van der Waals surface area contributed by atoms with E-state index in [-0.39, 0.29) is 24.6 Å². The van der Waals surface area contributed by atoms with Gasteiger partial charge in [0, 0.05) is 25.5 Å². The Balaban J connectivity index is 2.26. The number of rotatable bonds is 6. The summed E-state index contributed by atoms with van der Waals surface area (Å²) in [5.74, 6) is 0. The van der Waals surface area contributed by atoms with Crippen LogP contribution in [0.5, 0.6) is 0 Å². The molecule has 0 unspecified atom stereocenters. The van der Waals surface area contributed by atoms with Crippen LogP contribution >= 0.6 is 0 Å². The predicted molar refractivity (Wildman–Crippen MR) is 71.9 cm³/mol. The van der Waals surface area contributed by atoms with E-state index in [1.54, 1.807) is 6.20 Å². The first-order chi connectivity index (χ1) is 9.14. The molecule has 0 radical (unpaired) electrons. The lowest BCUT2D eigenvalue weighted by molar-refractivity contribution is 0.251. The molecule has 0 bridgehead atoms. The van der Waals surface area contributed by atoms with E-state index < -0.39 is 10.0 Å². The fourth-order valence-electron chi connectivity index (χ4n) is 1.80. The third-order valence-corrected chi connectivity index (χ3v) is 4.60. The van der Waals surface area contributed by atoms with Crippen molar-refractivity contribution in [3.63, 3.8) is 0 Å². The molecule has 2 rings (SSSR count). The van der Waals surface area contributed by atoms with E-state index in [0.29, 0.717) is 0 Å². The molecule has 1 heterocycles. The third-order valence-electron chi connectivity index (χ3n) is 2.76. The highest BCUT2D eigenvalue weighted by molar-refractivity contribution is 7.89. The molecule has 1 aromatic carbocycles. The van der Waals surface area contributed by atoms with Gasteiger partial charge >= 0.3 is 0 Å². The summed E-state index contributed by atoms with van der Waals surface area (Å²) in [5, 5.41) is 9.06. The second-order valence-corrected chi connectivity index (χ2v) is 6.03. The van der Waals surface area contributed by atoms with Crippen molar-refractivity contribution >= 4 is 10.0 Å². The van der Waals surface area contributed by atoms with Gasteiger partial charge in [-0.3, -0.25) is 0 Å². The summed E-state index contributed by atoms with van der Waals surface area (Å²) < 4.78 is 26.0. The summed E-state index contributed by atoms with van der Waals surface area (Å²) in [6.07, 6.45) is 3.00. The maximum atomic E-state index is 12.4. The van der Waals surface area contributed by atoms with E-state index in [0.717, 1.165) is 5.56 Å². The number of aliphatic hydroxyl groups excluding tert-OH is 1. The zero-order valence-electron chi connectivity index (χ0n) is 10.4. The van der Waals surface area contributed by atoms with Gasteiger partial charge in [0.15, 0.2) is 0 Å². The number of aromatic nitrogens is 1. The Bertz CT molecular complexity index is 594. The van der Waals surface area contributed by atoms with Gasteiger partial charge in [0.2, 0.25) is 10.0 Å². The number of nitrogens with zero attached hydrogens (tertiary/aromatic N) is 1. The van der Waals surface area contributed by atoms with Crippen LogP contribution in [0.3, 0.4) is 0 Å². The molecule has 5 nitrogen and oxygen atoms in total. The quantitative estimate of drug-likeness (QED) is 0.835. The summed E-state index contributed by atoms with van der Waals surface area (Å²) in [4.78, 5) is 2.93. The average Bonchev–Trinajstić information content (AvgIpc) is 2.94. The molecule has 19 heavy (non-hydrogen) atoms. The fourth-order valence-corrected chi connectivity index (χ4v) is 3.20. The van der Waals surface area contributed by atoms with Crippen molar-refractivity contribution in [1.29, 1.82) is 0 Å². The summed E-state index contributed by atoms with van der Waals surface area (Å²) in [5.41, 5.74) is 0.884. The van der Waals surface area contributed by atoms with Crippen LogP contribution in [-0.4, -0.2) is 36.0 Å². The van der Waals surface area contributed by atoms with Gasteiger partial charge in [-0.25, -0.2) is 8.42 Å². The number of sulfonamides is 1. The van der Waals surface area contributed by atoms with Crippen molar-refractivity contribution in [2.24, 2.45) is 0 Å². The number of nitrogens with one attached hydrogen (secondary N) is 1. The predicted octanol–water partition coefficient (Wildman–Crippen LogP) is 1.20. The molecule has 0 aliphatic carbocycles. The lowest BCUT2D eigenvalue weighted by Crippen LogP contribution is -2.32. The van der Waals surface area contributed by atoms with Crippen LogP contribution in [0.25, 0.3) is 0 Å². The van der Waals surface area contributed by atoms with Crippen molar-refractivity contribution in [1.82, 2.24) is 9.29 Å². The average molecular weight is 280 g/mol. The van der Waals surface area contributed by atoms with E-state index in [1.807, 2.05) is 30.3 Å². The summed E-state index contributed by atoms with van der Waals surface area (Å²) in [7, 11) is -3.58. The topological polar surface area (TPSA) is 73.4 Å². The molecule has 2 aromatic rings. The number of hydrogen-bond acceptors (Lipinski definition) is 3. The molecule has 2 N–H and O–H groups in total. The monoisotopic (exact) mass is 280 g/mol. The first-order valence-electron chi connectivity index (χ1n) is 5.92. The van der Waals surface area contributed by atoms with Crippen molar-refractivity contribution in [2.75, 3.05) is 13.2 Å². The van der Waals surface area contributed by atoms with Crippen LogP contribution in [0.15, 0.2) is 53.7 Å². The normalized spacial score (nSPS) is 11.9. The molecule has 1 aromatic heterocycles. The van der Waals surface area contributed by atoms with Crippen LogP contribution in [0.1, 0.15) is 5.56 Å². The van der Waals surface area contributed by atoms with E-state index in [9.17, 15) is 8.42 Å². The Morgan fingerprint density at radius 2 is 1.89 bits per heavy atom. The highest BCUT2D eigenvalue weighted by Crippen LogP contribution is 2.17. The van der Waals surface area contributed by atoms with E-state index >= 15 is 0 Å². The van der Waals surface area contributed by atoms with E-state index in [4.69, 9.17) is 5.11 Å². The Hall–Kier alpha value is -1.63. The van der Waals surface area contributed by atoms with Crippen LogP contribution in [0.4, 0.5) is 0 Å². The largest absolute Gasteiger partial charge is 0.395 e. The molecule has 0 spiro atoms. The van der Waals surface area contributed by atoms with Gasteiger partial charge in [-0.15, -0.1) is 0 Å². The molecule has 0 aliphatic heterocycles. The highest BCUT2D eigenvalue weighted by Gasteiger charge is 2.24. The summed E-state index contributed by atoms with van der Waals surface area (Å²) in [6, 6.07) is 10.8. The van der Waals surface area contributed by atoms with Crippen LogP contribution in [0.2, 0.25) is 0 Å². The maximum Gasteiger partial charge on any atom is 0.244 e. The van der Waals surface area contributed by atoms with Gasteiger partial charge in [0.1, 0.15) is 0 Å². The van der Waals surface area contributed by atoms with Crippen LogP contribution in [0, 0.1) is 0 Å². The molecule has 0 saturated heterocycles. The number of aliphatic hydroxyl groups is 1. The molecule has 6 heteroatoms. The number of H-pyrrole nitrogens is 1. The third kappa shape index (κ3) is 3.23. The fraction of sp³-hybridized carbons (Fsp3) is 0.231. The highest BCUT2D eigenvalue weighted by atomic mass is 32.2. The second kappa shape index (κ2) is 6.01. The van der Waals surface area contributed by atoms with Gasteiger partial charge in [0.05, 0.1) is 11.5 Å². The molecule has 0 aliphatic rings. The van der Waals surface area contributed by atoms with Gasteiger partial charge in [0.25, 0.3) is 0 Å². The molecule has 0 amide bonds. The van der Waals surface area contributed by atoms with Gasteiger partial charge in [-0.1, -0.05) is 30.3 Å². The van der Waals surface area contributed by atoms with Crippen molar-refractivity contribution in [3.8, 4) is 0 Å². The Labute approximate surface area is 112 Å². The van der Waals surface area contributed by atoms with E-state index in [1.165, 1.54) is 16.6 Å². The minimum atomic E-state index is -3.58. The number of aromatic amines is 1. The van der Waals surface area contributed by atoms with Crippen molar-refractivity contribution in [3.05, 3.63) is 54.4 Å². The Kier molecular flexibility index (Phi) is 4.36. The second-order valence-electron chi connectivity index (χ2n) is 4.09. The molecule has 0 saturated carbocycles. The maximum absolute atomic E-state index is 12.4. The Morgan fingerprint density at radius 1 is 1.16 bits per heavy atom. The zero-order chi connectivity index (χ0) is 13.7. The standard InChI is InChI=1S/C13H16N2O3S/c16-9-8-15(11-12-4-2-1-3-5-12)19(17,18)13-6-7-14-10-13/h1-7,10,14,16H,8-9,11H2. The minimum Gasteiger partial charge on any atom is -0.395 e. The molecular weight excluding hydrogens is 264 g/mol. The summed E-state index contributed by atoms with van der Waals surface area (Å²) >= 11 is 0. The molecule has 0 fully saturated rings. The smallest absolute Gasteiger partial charge is 0.244 e. The van der Waals surface area contributed by atoms with Crippen molar-refractivity contribution < 1.29 is 13.5 Å². The SMILES string of the molecule is O=S(=O)(c1cc[nH]c1)N(CCO)Cc1ccccc1. The molecular formula is C13H16N2O3S. The molecule has 102 valence electrons. The van der Waals surface area contributed by atoms with Gasteiger partial charge in [-0.2, -0.15) is 4.31 Å². The van der Waals surface area contributed by atoms with Crippen LogP contribution < -0.4 is 0 Å².